The second-order valence-corrected chi connectivity index (χ2v) is 4.33. The van der Waals surface area contributed by atoms with Crippen molar-refractivity contribution in [2.45, 2.75) is 44.7 Å². The molecule has 88 valence electrons. The van der Waals surface area contributed by atoms with E-state index >= 15 is 0 Å². The van der Waals surface area contributed by atoms with Gasteiger partial charge in [-0.25, -0.2) is 0 Å². The summed E-state index contributed by atoms with van der Waals surface area (Å²) < 4.78 is 4.61. The number of rotatable bonds is 5. The molecule has 0 saturated heterocycles. The van der Waals surface area contributed by atoms with Crippen molar-refractivity contribution in [2.24, 2.45) is 5.92 Å². The Morgan fingerprint density at radius 1 is 1.60 bits per heavy atom. The molecule has 3 unspecified atom stereocenters. The molecule has 0 aromatic heterocycles. The molecule has 4 heteroatoms. The predicted molar refractivity (Wildman–Crippen MR) is 57.4 cm³/mol. The number of hydrogen-bond acceptors (Lipinski definition) is 4. The third-order valence-corrected chi connectivity index (χ3v) is 3.09. The average Bonchev–Trinajstić information content (AvgIpc) is 2.64. The Labute approximate surface area is 91.0 Å². The second-order valence-electron chi connectivity index (χ2n) is 4.33. The van der Waals surface area contributed by atoms with Gasteiger partial charge in [-0.15, -0.1) is 0 Å². The van der Waals surface area contributed by atoms with E-state index in [-0.39, 0.29) is 18.6 Å². The van der Waals surface area contributed by atoms with Crippen molar-refractivity contribution in [1.82, 2.24) is 5.32 Å². The van der Waals surface area contributed by atoms with Crippen LogP contribution in [0.4, 0.5) is 0 Å². The molecule has 0 amide bonds. The lowest BCUT2D eigenvalue weighted by atomic mass is 10.0. The minimum atomic E-state index is -0.187. The number of ether oxygens (including phenoxy) is 1. The Balaban J connectivity index is 2.30. The van der Waals surface area contributed by atoms with Crippen LogP contribution in [0.5, 0.6) is 0 Å². The van der Waals surface area contributed by atoms with E-state index in [4.69, 9.17) is 5.11 Å². The van der Waals surface area contributed by atoms with Crippen LogP contribution < -0.4 is 5.32 Å². The molecule has 1 saturated carbocycles. The molecule has 2 N–H and O–H groups in total. The molecular weight excluding hydrogens is 194 g/mol. The highest BCUT2D eigenvalue weighted by Gasteiger charge is 2.27. The SMILES string of the molecule is COC(=O)CC(C)NC1CCCC1CO. The molecule has 4 nitrogen and oxygen atoms in total. The number of aliphatic hydroxyl groups is 1. The molecule has 3 atom stereocenters. The average molecular weight is 215 g/mol. The maximum Gasteiger partial charge on any atom is 0.307 e. The first-order chi connectivity index (χ1) is 7.17. The van der Waals surface area contributed by atoms with Gasteiger partial charge in [0.15, 0.2) is 0 Å². The first kappa shape index (κ1) is 12.5. The molecule has 1 aliphatic carbocycles. The second kappa shape index (κ2) is 6.08. The van der Waals surface area contributed by atoms with E-state index in [0.29, 0.717) is 18.4 Å². The summed E-state index contributed by atoms with van der Waals surface area (Å²) in [4.78, 5) is 11.0. The number of esters is 1. The van der Waals surface area contributed by atoms with Crippen molar-refractivity contribution in [3.63, 3.8) is 0 Å². The van der Waals surface area contributed by atoms with Crippen molar-refractivity contribution in [2.75, 3.05) is 13.7 Å². The molecule has 0 bridgehead atoms. The summed E-state index contributed by atoms with van der Waals surface area (Å²) in [5.41, 5.74) is 0. The van der Waals surface area contributed by atoms with Crippen molar-refractivity contribution >= 4 is 5.97 Å². The third-order valence-electron chi connectivity index (χ3n) is 3.09. The first-order valence-electron chi connectivity index (χ1n) is 5.61. The largest absolute Gasteiger partial charge is 0.469 e. The molecule has 1 aliphatic rings. The number of nitrogens with one attached hydrogen (secondary N) is 1. The van der Waals surface area contributed by atoms with E-state index in [2.05, 4.69) is 10.1 Å². The smallest absolute Gasteiger partial charge is 0.307 e. The Morgan fingerprint density at radius 2 is 2.33 bits per heavy atom. The summed E-state index contributed by atoms with van der Waals surface area (Å²) in [5, 5.41) is 12.5. The highest BCUT2D eigenvalue weighted by molar-refractivity contribution is 5.69. The van der Waals surface area contributed by atoms with Crippen molar-refractivity contribution < 1.29 is 14.6 Å². The van der Waals surface area contributed by atoms with Crippen LogP contribution in [0.2, 0.25) is 0 Å². The van der Waals surface area contributed by atoms with Gasteiger partial charge in [-0.3, -0.25) is 4.79 Å². The number of carbonyl (C=O) groups is 1. The van der Waals surface area contributed by atoms with Gasteiger partial charge in [-0.2, -0.15) is 0 Å². The molecule has 0 heterocycles. The lowest BCUT2D eigenvalue weighted by Gasteiger charge is -2.23. The Morgan fingerprint density at radius 3 is 2.93 bits per heavy atom. The van der Waals surface area contributed by atoms with Crippen molar-refractivity contribution in [3.8, 4) is 0 Å². The lowest BCUT2D eigenvalue weighted by Crippen LogP contribution is -2.41. The summed E-state index contributed by atoms with van der Waals surface area (Å²) in [6.45, 7) is 2.21. The van der Waals surface area contributed by atoms with Gasteiger partial charge >= 0.3 is 5.97 Å². The van der Waals surface area contributed by atoms with E-state index in [1.807, 2.05) is 6.92 Å². The van der Waals surface area contributed by atoms with E-state index in [1.54, 1.807) is 0 Å². The molecule has 0 aromatic carbocycles. The number of hydrogen-bond donors (Lipinski definition) is 2. The minimum absolute atomic E-state index is 0.120. The lowest BCUT2D eigenvalue weighted by molar-refractivity contribution is -0.141. The van der Waals surface area contributed by atoms with Crippen LogP contribution in [-0.2, 0) is 9.53 Å². The Kier molecular flexibility index (Phi) is 5.05. The van der Waals surface area contributed by atoms with Crippen LogP contribution in [0.25, 0.3) is 0 Å². The van der Waals surface area contributed by atoms with Gasteiger partial charge in [0.1, 0.15) is 0 Å². The zero-order chi connectivity index (χ0) is 11.3. The van der Waals surface area contributed by atoms with E-state index < -0.39 is 0 Å². The van der Waals surface area contributed by atoms with E-state index in [0.717, 1.165) is 19.3 Å². The summed E-state index contributed by atoms with van der Waals surface area (Å²) in [6.07, 6.45) is 3.73. The topological polar surface area (TPSA) is 58.6 Å². The highest BCUT2D eigenvalue weighted by Crippen LogP contribution is 2.25. The van der Waals surface area contributed by atoms with Gasteiger partial charge in [-0.05, 0) is 25.7 Å². The summed E-state index contributed by atoms with van der Waals surface area (Å²) in [5.74, 6) is 0.165. The minimum Gasteiger partial charge on any atom is -0.469 e. The van der Waals surface area contributed by atoms with Gasteiger partial charge in [-0.1, -0.05) is 6.42 Å². The maximum atomic E-state index is 11.0. The van der Waals surface area contributed by atoms with E-state index in [1.165, 1.54) is 7.11 Å². The van der Waals surface area contributed by atoms with Gasteiger partial charge in [0.25, 0.3) is 0 Å². The maximum absolute atomic E-state index is 11.0. The van der Waals surface area contributed by atoms with Gasteiger partial charge in [0.05, 0.1) is 13.5 Å². The van der Waals surface area contributed by atoms with Gasteiger partial charge in [0.2, 0.25) is 0 Å². The predicted octanol–water partition coefficient (Wildman–Crippen LogP) is 0.689. The third kappa shape index (κ3) is 3.80. The number of carbonyl (C=O) groups excluding carboxylic acids is 1. The van der Waals surface area contributed by atoms with Crippen LogP contribution in [-0.4, -0.2) is 36.9 Å². The summed E-state index contributed by atoms with van der Waals surface area (Å²) in [7, 11) is 1.40. The van der Waals surface area contributed by atoms with Crippen LogP contribution in [0.3, 0.4) is 0 Å². The van der Waals surface area contributed by atoms with Crippen LogP contribution in [0.15, 0.2) is 0 Å². The Hall–Kier alpha value is -0.610. The fourth-order valence-corrected chi connectivity index (χ4v) is 2.23. The van der Waals surface area contributed by atoms with Crippen molar-refractivity contribution in [3.05, 3.63) is 0 Å². The van der Waals surface area contributed by atoms with Crippen LogP contribution in [0, 0.1) is 5.92 Å². The van der Waals surface area contributed by atoms with Crippen LogP contribution >= 0.6 is 0 Å². The van der Waals surface area contributed by atoms with Crippen molar-refractivity contribution in [1.29, 1.82) is 0 Å². The number of aliphatic hydroxyl groups excluding tert-OH is 1. The first-order valence-corrected chi connectivity index (χ1v) is 5.61. The van der Waals surface area contributed by atoms with Crippen LogP contribution in [0.1, 0.15) is 32.6 Å². The molecule has 1 rings (SSSR count). The molecule has 0 spiro atoms. The van der Waals surface area contributed by atoms with Gasteiger partial charge < -0.3 is 15.2 Å². The zero-order valence-corrected chi connectivity index (χ0v) is 9.53. The Bertz CT molecular complexity index is 208. The summed E-state index contributed by atoms with van der Waals surface area (Å²) >= 11 is 0. The highest BCUT2D eigenvalue weighted by atomic mass is 16.5. The summed E-state index contributed by atoms with van der Waals surface area (Å²) in [6, 6.07) is 0.476. The van der Waals surface area contributed by atoms with Gasteiger partial charge in [0, 0.05) is 18.7 Å². The monoisotopic (exact) mass is 215 g/mol. The fourth-order valence-electron chi connectivity index (χ4n) is 2.23. The standard InChI is InChI=1S/C11H21NO3/c1-8(6-11(14)15-2)12-10-5-3-4-9(10)7-13/h8-10,12-13H,3-7H2,1-2H3. The molecule has 1 fully saturated rings. The molecular formula is C11H21NO3. The molecule has 15 heavy (non-hydrogen) atoms. The molecule has 0 aliphatic heterocycles. The quantitative estimate of drug-likeness (QED) is 0.662. The molecule has 0 aromatic rings. The molecule has 0 radical (unpaired) electrons. The van der Waals surface area contributed by atoms with E-state index in [9.17, 15) is 4.79 Å². The fraction of sp³-hybridized carbons (Fsp3) is 0.909. The zero-order valence-electron chi connectivity index (χ0n) is 9.53. The number of methoxy groups -OCH3 is 1. The normalized spacial score (nSPS) is 27.7.